The smallest absolute Gasteiger partial charge is 0.351 e. The lowest BCUT2D eigenvalue weighted by atomic mass is 10.0. The van der Waals surface area contributed by atoms with Gasteiger partial charge in [-0.25, -0.2) is 0 Å². The van der Waals surface area contributed by atoms with Gasteiger partial charge in [-0.2, -0.15) is 13.2 Å². The van der Waals surface area contributed by atoms with Gasteiger partial charge in [0.2, 0.25) is 0 Å². The Balaban J connectivity index is 1.37. The molecule has 0 aliphatic carbocycles. The van der Waals surface area contributed by atoms with Crippen LogP contribution in [0.1, 0.15) is 29.0 Å². The zero-order valence-corrected chi connectivity index (χ0v) is 23.8. The molecule has 0 saturated carbocycles. The molecule has 0 unspecified atom stereocenters. The highest BCUT2D eigenvalue weighted by atomic mass is 32.2. The minimum absolute atomic E-state index is 0.0260. The van der Waals surface area contributed by atoms with Gasteiger partial charge in [-0.3, -0.25) is 15.1 Å². The van der Waals surface area contributed by atoms with Crippen molar-refractivity contribution >= 4 is 40.5 Å². The molecule has 1 aliphatic rings. The van der Waals surface area contributed by atoms with Crippen molar-refractivity contribution < 1.29 is 18.1 Å². The summed E-state index contributed by atoms with van der Waals surface area (Å²) in [6.45, 7) is 0. The summed E-state index contributed by atoms with van der Waals surface area (Å²) in [6.07, 6.45) is -1.05. The number of hydrogen-bond acceptors (Lipinski definition) is 5. The van der Waals surface area contributed by atoms with Gasteiger partial charge in [0.15, 0.2) is 5.11 Å². The minimum Gasteiger partial charge on any atom is -0.351 e. The van der Waals surface area contributed by atoms with Gasteiger partial charge < -0.3 is 14.8 Å². The molecule has 3 aromatic carbocycles. The number of nitro benzene ring substituents is 1. The summed E-state index contributed by atoms with van der Waals surface area (Å²) >= 11 is 7.28. The summed E-state index contributed by atoms with van der Waals surface area (Å²) in [5.41, 5.74) is 1.92. The van der Waals surface area contributed by atoms with E-state index in [0.717, 1.165) is 39.0 Å². The van der Waals surface area contributed by atoms with E-state index in [4.69, 9.17) is 12.2 Å². The molecule has 2 atom stereocenters. The number of nitrogens with zero attached hydrogens (tertiary/aromatic N) is 4. The van der Waals surface area contributed by atoms with E-state index in [2.05, 4.69) is 10.3 Å². The number of hydrogen-bond donors (Lipinski definition) is 1. The lowest BCUT2D eigenvalue weighted by Gasteiger charge is -2.29. The predicted octanol–water partition coefficient (Wildman–Crippen LogP) is 8.13. The van der Waals surface area contributed by atoms with E-state index in [1.807, 2.05) is 53.4 Å². The van der Waals surface area contributed by atoms with Gasteiger partial charge in [0, 0.05) is 51.4 Å². The van der Waals surface area contributed by atoms with Crippen LogP contribution >= 0.6 is 24.0 Å². The molecule has 0 bridgehead atoms. The second-order valence-corrected chi connectivity index (χ2v) is 11.2. The van der Waals surface area contributed by atoms with Crippen LogP contribution < -0.4 is 10.2 Å². The first-order valence-electron chi connectivity index (χ1n) is 13.1. The Hall–Kier alpha value is -4.68. The number of benzene rings is 3. The summed E-state index contributed by atoms with van der Waals surface area (Å²) in [6, 6.07) is 27.7. The Morgan fingerprint density at radius 1 is 0.884 bits per heavy atom. The molecule has 1 fully saturated rings. The molecule has 7 nitrogen and oxygen atoms in total. The Kier molecular flexibility index (Phi) is 7.63. The van der Waals surface area contributed by atoms with Gasteiger partial charge in [-0.05, 0) is 91.1 Å². The monoisotopic (exact) mass is 617 g/mol. The summed E-state index contributed by atoms with van der Waals surface area (Å²) in [4.78, 5) is 18.8. The summed E-state index contributed by atoms with van der Waals surface area (Å²) in [5.74, 6) is 0. The molecule has 6 rings (SSSR count). The molecule has 1 N–H and O–H groups in total. The van der Waals surface area contributed by atoms with Gasteiger partial charge >= 0.3 is 6.18 Å². The van der Waals surface area contributed by atoms with E-state index >= 15 is 0 Å². The number of anilines is 1. The molecular weight excluding hydrogens is 596 g/mol. The van der Waals surface area contributed by atoms with Crippen molar-refractivity contribution in [2.24, 2.45) is 0 Å². The molecule has 1 aliphatic heterocycles. The van der Waals surface area contributed by atoms with Gasteiger partial charge in [0.1, 0.15) is 6.04 Å². The zero-order chi connectivity index (χ0) is 30.1. The SMILES string of the molecule is O=[N+]([O-])c1ccc(Sc2ccc(N3C(=S)N[C@H](c4ccccn4)[C@H]3c3cccn3-c3cccc(C(F)(F)F)c3)cc2)cc1. The van der Waals surface area contributed by atoms with E-state index in [0.29, 0.717) is 10.8 Å². The van der Waals surface area contributed by atoms with Gasteiger partial charge in [0.25, 0.3) is 5.69 Å². The zero-order valence-electron chi connectivity index (χ0n) is 22.2. The minimum atomic E-state index is -4.48. The molecular formula is C31H22F3N5O2S2. The number of thiocarbonyl (C=S) groups is 1. The first-order chi connectivity index (χ1) is 20.7. The number of halogens is 3. The Morgan fingerprint density at radius 2 is 1.60 bits per heavy atom. The van der Waals surface area contributed by atoms with Gasteiger partial charge in [-0.1, -0.05) is 23.9 Å². The fourth-order valence-corrected chi connectivity index (χ4v) is 6.24. The number of pyridine rings is 1. The quantitative estimate of drug-likeness (QED) is 0.112. The molecule has 0 spiro atoms. The predicted molar refractivity (Wildman–Crippen MR) is 162 cm³/mol. The van der Waals surface area contributed by atoms with Crippen LogP contribution in [0.4, 0.5) is 24.5 Å². The Bertz CT molecular complexity index is 1780. The normalized spacial score (nSPS) is 16.7. The summed E-state index contributed by atoms with van der Waals surface area (Å²) in [7, 11) is 0. The maximum atomic E-state index is 13.6. The molecule has 0 amide bonds. The third kappa shape index (κ3) is 5.84. The lowest BCUT2D eigenvalue weighted by Crippen LogP contribution is -2.30. The van der Waals surface area contributed by atoms with Crippen LogP contribution in [-0.4, -0.2) is 19.6 Å². The molecule has 5 aromatic rings. The van der Waals surface area contributed by atoms with Crippen LogP contribution in [0.5, 0.6) is 0 Å². The van der Waals surface area contributed by atoms with Crippen molar-refractivity contribution in [3.8, 4) is 5.69 Å². The van der Waals surface area contributed by atoms with Crippen molar-refractivity contribution in [3.05, 3.63) is 143 Å². The van der Waals surface area contributed by atoms with Crippen LogP contribution in [-0.2, 0) is 6.18 Å². The highest BCUT2D eigenvalue weighted by molar-refractivity contribution is 7.99. The van der Waals surface area contributed by atoms with Crippen molar-refractivity contribution in [1.29, 1.82) is 0 Å². The van der Waals surface area contributed by atoms with Gasteiger partial charge in [-0.15, -0.1) is 0 Å². The van der Waals surface area contributed by atoms with E-state index in [9.17, 15) is 23.3 Å². The highest BCUT2D eigenvalue weighted by Crippen LogP contribution is 2.43. The van der Waals surface area contributed by atoms with Crippen molar-refractivity contribution in [1.82, 2.24) is 14.9 Å². The lowest BCUT2D eigenvalue weighted by molar-refractivity contribution is -0.384. The Labute approximate surface area is 254 Å². The number of nitro groups is 1. The van der Waals surface area contributed by atoms with Crippen molar-refractivity contribution in [3.63, 3.8) is 0 Å². The fraction of sp³-hybridized carbons (Fsp3) is 0.0968. The van der Waals surface area contributed by atoms with Crippen LogP contribution in [0.2, 0.25) is 0 Å². The third-order valence-electron chi connectivity index (χ3n) is 7.03. The van der Waals surface area contributed by atoms with Crippen LogP contribution in [0.25, 0.3) is 5.69 Å². The highest BCUT2D eigenvalue weighted by Gasteiger charge is 2.42. The molecule has 216 valence electrons. The standard InChI is InChI=1S/C31H22F3N5O2S2/c32-31(33,34)20-5-3-6-23(19-20)37-18-4-8-27(37)29-28(26-7-1-2-17-35-26)36-30(42)38(29)21-9-13-24(14-10-21)43-25-15-11-22(12-16-25)39(40)41/h1-19,28-29H,(H,36,42)/t28-,29-/m1/s1. The van der Waals surface area contributed by atoms with E-state index < -0.39 is 22.7 Å². The number of non-ortho nitro benzene ring substituents is 1. The summed E-state index contributed by atoms with van der Waals surface area (Å²) in [5, 5.41) is 14.8. The number of nitrogens with one attached hydrogen (secondary N) is 1. The second kappa shape index (κ2) is 11.5. The maximum absolute atomic E-state index is 13.6. The molecule has 1 saturated heterocycles. The first-order valence-corrected chi connectivity index (χ1v) is 14.3. The molecule has 0 radical (unpaired) electrons. The van der Waals surface area contributed by atoms with E-state index in [1.54, 1.807) is 41.2 Å². The molecule has 2 aromatic heterocycles. The average molecular weight is 618 g/mol. The van der Waals surface area contributed by atoms with Crippen LogP contribution in [0, 0.1) is 10.1 Å². The molecule has 43 heavy (non-hydrogen) atoms. The van der Waals surface area contributed by atoms with E-state index in [-0.39, 0.29) is 11.7 Å². The Morgan fingerprint density at radius 3 is 2.26 bits per heavy atom. The number of alkyl halides is 3. The van der Waals surface area contributed by atoms with Gasteiger partial charge in [0.05, 0.1) is 22.2 Å². The van der Waals surface area contributed by atoms with Crippen molar-refractivity contribution in [2.75, 3.05) is 4.90 Å². The van der Waals surface area contributed by atoms with Crippen molar-refractivity contribution in [2.45, 2.75) is 28.1 Å². The topological polar surface area (TPSA) is 76.2 Å². The molecule has 3 heterocycles. The number of rotatable bonds is 7. The van der Waals surface area contributed by atoms with E-state index in [1.165, 1.54) is 30.0 Å². The third-order valence-corrected chi connectivity index (χ3v) is 8.36. The average Bonchev–Trinajstić information content (AvgIpc) is 3.62. The second-order valence-electron chi connectivity index (χ2n) is 9.69. The molecule has 12 heteroatoms. The number of aromatic nitrogens is 2. The fourth-order valence-electron chi connectivity index (χ4n) is 5.08. The first kappa shape index (κ1) is 28.4. The van der Waals surface area contributed by atoms with Crippen LogP contribution in [0.15, 0.2) is 125 Å². The maximum Gasteiger partial charge on any atom is 0.416 e. The summed E-state index contributed by atoms with van der Waals surface area (Å²) < 4.78 is 42.4. The largest absolute Gasteiger partial charge is 0.416 e. The van der Waals surface area contributed by atoms with Crippen LogP contribution in [0.3, 0.4) is 0 Å².